The summed E-state index contributed by atoms with van der Waals surface area (Å²) in [5, 5.41) is 12.9. The van der Waals surface area contributed by atoms with Gasteiger partial charge in [0.15, 0.2) is 11.6 Å². The molecule has 0 fully saturated rings. The van der Waals surface area contributed by atoms with Crippen LogP contribution >= 0.6 is 0 Å². The van der Waals surface area contributed by atoms with Gasteiger partial charge in [-0.05, 0) is 0 Å². The van der Waals surface area contributed by atoms with E-state index in [1.54, 1.807) is 0 Å². The van der Waals surface area contributed by atoms with Crippen LogP contribution in [0.2, 0.25) is 0 Å². The fraction of sp³-hybridized carbons (Fsp3) is 0. The Morgan fingerprint density at radius 3 is 1.24 bits per heavy atom. The van der Waals surface area contributed by atoms with E-state index < -0.39 is 10.4 Å². The lowest BCUT2D eigenvalue weighted by molar-refractivity contribution is 0.381. The van der Waals surface area contributed by atoms with Crippen LogP contribution in [0.25, 0.3) is 22.8 Å². The third-order valence-electron chi connectivity index (χ3n) is 3.10. The van der Waals surface area contributed by atoms with Gasteiger partial charge in [-0.15, -0.1) is 10.2 Å². The number of rotatable bonds is 2. The highest BCUT2D eigenvalue weighted by Crippen LogP contribution is 2.14. The fourth-order valence-electron chi connectivity index (χ4n) is 2.00. The lowest BCUT2D eigenvalue weighted by Gasteiger charge is -1.91. The molecule has 0 aliphatic rings. The number of nitrogens with one attached hydrogen (secondary N) is 2. The van der Waals surface area contributed by atoms with Gasteiger partial charge in [0.25, 0.3) is 0 Å². The van der Waals surface area contributed by atoms with Gasteiger partial charge >= 0.3 is 10.4 Å². The second kappa shape index (κ2) is 9.93. The van der Waals surface area contributed by atoms with Crippen molar-refractivity contribution in [1.29, 1.82) is 0 Å². The van der Waals surface area contributed by atoms with E-state index in [2.05, 4.69) is 30.4 Å². The van der Waals surface area contributed by atoms with E-state index in [-0.39, 0.29) is 11.9 Å². The Morgan fingerprint density at radius 1 is 0.690 bits per heavy atom. The average Bonchev–Trinajstić information content (AvgIpc) is 3.31. The largest absolute Gasteiger partial charge is 0.394 e. The first kappa shape index (κ1) is 21.5. The molecule has 0 bridgehead atoms. The quantitative estimate of drug-likeness (QED) is 0.258. The Balaban J connectivity index is 0.000000170. The molecule has 0 amide bonds. The van der Waals surface area contributed by atoms with Crippen molar-refractivity contribution < 1.29 is 17.5 Å². The van der Waals surface area contributed by atoms with Crippen molar-refractivity contribution in [3.63, 3.8) is 0 Å². The van der Waals surface area contributed by atoms with E-state index in [0.29, 0.717) is 11.6 Å². The highest BCUT2D eigenvalue weighted by Gasteiger charge is 2.01. The van der Waals surface area contributed by atoms with E-state index in [1.165, 1.54) is 0 Å². The summed E-state index contributed by atoms with van der Waals surface area (Å²) in [6.07, 6.45) is 0. The Bertz CT molecular complexity index is 1030. The van der Waals surface area contributed by atoms with Gasteiger partial charge in [-0.25, -0.2) is 0 Å². The van der Waals surface area contributed by atoms with Gasteiger partial charge in [-0.2, -0.15) is 18.4 Å². The zero-order valence-electron chi connectivity index (χ0n) is 14.8. The molecule has 4 rings (SSSR count). The van der Waals surface area contributed by atoms with Crippen molar-refractivity contribution in [3.05, 3.63) is 60.7 Å². The van der Waals surface area contributed by atoms with Gasteiger partial charge in [-0.3, -0.25) is 19.3 Å². The Morgan fingerprint density at radius 2 is 1.00 bits per heavy atom. The van der Waals surface area contributed by atoms with Crippen LogP contribution in [0.15, 0.2) is 60.7 Å². The summed E-state index contributed by atoms with van der Waals surface area (Å²) in [4.78, 5) is 7.98. The number of anilines is 2. The summed E-state index contributed by atoms with van der Waals surface area (Å²) in [5.74, 6) is 1.95. The van der Waals surface area contributed by atoms with Crippen LogP contribution in [-0.4, -0.2) is 47.9 Å². The molecule has 0 spiro atoms. The number of nitrogen functional groups attached to an aromatic ring is 2. The Kier molecular flexibility index (Phi) is 7.36. The van der Waals surface area contributed by atoms with E-state index in [4.69, 9.17) is 29.0 Å². The van der Waals surface area contributed by atoms with E-state index in [1.807, 2.05) is 60.7 Å². The smallest absolute Gasteiger partial charge is 0.366 e. The Hall–Kier alpha value is -3.81. The number of benzene rings is 2. The molecule has 0 aliphatic heterocycles. The Labute approximate surface area is 165 Å². The van der Waals surface area contributed by atoms with Crippen LogP contribution in [0.4, 0.5) is 11.9 Å². The van der Waals surface area contributed by atoms with Crippen molar-refractivity contribution >= 4 is 22.3 Å². The second-order valence-electron chi connectivity index (χ2n) is 5.26. The maximum absolute atomic E-state index is 8.74. The summed E-state index contributed by atoms with van der Waals surface area (Å²) in [7, 11) is -4.67. The van der Waals surface area contributed by atoms with E-state index in [0.717, 1.165) is 11.1 Å². The summed E-state index contributed by atoms with van der Waals surface area (Å²) >= 11 is 0. The molecule has 0 saturated heterocycles. The molecule has 13 heteroatoms. The monoisotopic (exact) mass is 418 g/mol. The van der Waals surface area contributed by atoms with Gasteiger partial charge in [0, 0.05) is 11.1 Å². The molecule has 8 N–H and O–H groups in total. The molecule has 0 radical (unpaired) electrons. The molecule has 0 aliphatic carbocycles. The molecule has 0 atom stereocenters. The maximum Gasteiger partial charge on any atom is 0.394 e. The minimum Gasteiger partial charge on any atom is -0.366 e. The predicted molar refractivity (Wildman–Crippen MR) is 107 cm³/mol. The van der Waals surface area contributed by atoms with Gasteiger partial charge in [0.2, 0.25) is 11.9 Å². The third kappa shape index (κ3) is 8.17. The molecule has 4 aromatic rings. The molecule has 0 unspecified atom stereocenters. The van der Waals surface area contributed by atoms with Crippen LogP contribution in [0.3, 0.4) is 0 Å². The van der Waals surface area contributed by atoms with E-state index in [9.17, 15) is 0 Å². The van der Waals surface area contributed by atoms with Crippen molar-refractivity contribution in [2.75, 3.05) is 11.5 Å². The van der Waals surface area contributed by atoms with Crippen LogP contribution < -0.4 is 11.5 Å². The number of nitrogens with zero attached hydrogens (tertiary/aromatic N) is 4. The first-order valence-corrected chi connectivity index (χ1v) is 9.28. The molecule has 152 valence electrons. The molecule has 2 aromatic heterocycles. The van der Waals surface area contributed by atoms with Crippen molar-refractivity contribution in [2.45, 2.75) is 0 Å². The summed E-state index contributed by atoms with van der Waals surface area (Å²) < 4.78 is 31.6. The van der Waals surface area contributed by atoms with Crippen molar-refractivity contribution in [3.8, 4) is 22.8 Å². The first-order valence-electron chi connectivity index (χ1n) is 7.89. The summed E-state index contributed by atoms with van der Waals surface area (Å²) in [5.41, 5.74) is 12.7. The molecule has 2 aromatic carbocycles. The third-order valence-corrected chi connectivity index (χ3v) is 3.10. The number of H-pyrrole nitrogens is 2. The number of aromatic nitrogens is 6. The predicted octanol–water partition coefficient (Wildman–Crippen LogP) is 1.45. The lowest BCUT2D eigenvalue weighted by atomic mass is 10.2. The van der Waals surface area contributed by atoms with Crippen LogP contribution in [-0.2, 0) is 10.4 Å². The number of nitrogens with two attached hydrogens (primary N) is 2. The second-order valence-corrected chi connectivity index (χ2v) is 6.16. The average molecular weight is 418 g/mol. The standard InChI is InChI=1S/2C8H8N4.H2O4S/c2*9-8-10-7(11-12-8)6-4-2-1-3-5-6;1-5(2,3)4/h2*1-5H,(H3,9,10,11,12);(H2,1,2,3,4). The van der Waals surface area contributed by atoms with Gasteiger partial charge in [-0.1, -0.05) is 60.7 Å². The summed E-state index contributed by atoms with van der Waals surface area (Å²) in [6.45, 7) is 0. The number of hydrogen-bond acceptors (Lipinski definition) is 8. The minimum atomic E-state index is -4.67. The SMILES string of the molecule is Nc1n[nH]c(-c2ccccc2)n1.Nc1n[nH]c(-c2ccccc2)n1.O=S(=O)(O)O. The topological polar surface area (TPSA) is 210 Å². The zero-order chi connectivity index (χ0) is 21.3. The zero-order valence-corrected chi connectivity index (χ0v) is 15.7. The molecule has 2 heterocycles. The highest BCUT2D eigenvalue weighted by atomic mass is 32.3. The van der Waals surface area contributed by atoms with Gasteiger partial charge in [0.1, 0.15) is 0 Å². The van der Waals surface area contributed by atoms with Gasteiger partial charge in [0.05, 0.1) is 0 Å². The minimum absolute atomic E-state index is 0.272. The normalized spacial score (nSPS) is 10.3. The first-order chi connectivity index (χ1) is 13.7. The van der Waals surface area contributed by atoms with Crippen molar-refractivity contribution in [2.24, 2.45) is 0 Å². The van der Waals surface area contributed by atoms with Crippen molar-refractivity contribution in [1.82, 2.24) is 30.4 Å². The molecular formula is C16H18N8O4S. The molecular weight excluding hydrogens is 400 g/mol. The number of aromatic amines is 2. The molecule has 12 nitrogen and oxygen atoms in total. The molecule has 29 heavy (non-hydrogen) atoms. The van der Waals surface area contributed by atoms with Crippen LogP contribution in [0.1, 0.15) is 0 Å². The summed E-state index contributed by atoms with van der Waals surface area (Å²) in [6, 6.07) is 19.4. The van der Waals surface area contributed by atoms with Crippen LogP contribution in [0.5, 0.6) is 0 Å². The van der Waals surface area contributed by atoms with Crippen LogP contribution in [0, 0.1) is 0 Å². The highest BCUT2D eigenvalue weighted by molar-refractivity contribution is 7.79. The molecule has 0 saturated carbocycles. The van der Waals surface area contributed by atoms with E-state index >= 15 is 0 Å². The number of hydrogen-bond donors (Lipinski definition) is 6. The fourth-order valence-corrected chi connectivity index (χ4v) is 2.00. The maximum atomic E-state index is 8.74. The van der Waals surface area contributed by atoms with Gasteiger partial charge < -0.3 is 11.5 Å². The lowest BCUT2D eigenvalue weighted by Crippen LogP contribution is -1.89.